The number of aliphatic imine (C=N–C) groups is 1. The average Bonchev–Trinajstić information content (AvgIpc) is 3.88. The van der Waals surface area contributed by atoms with Crippen molar-refractivity contribution in [2.24, 2.45) is 10.9 Å². The van der Waals surface area contributed by atoms with Crippen LogP contribution in [0.2, 0.25) is 0 Å². The smallest absolute Gasteiger partial charge is 0.160 e. The molecule has 0 radical (unpaired) electrons. The summed E-state index contributed by atoms with van der Waals surface area (Å²) in [5.74, 6) is 1.23. The van der Waals surface area contributed by atoms with Gasteiger partial charge in [-0.25, -0.2) is 0 Å². The largest absolute Gasteiger partial charge is 0.454 e. The number of furan rings is 1. The van der Waals surface area contributed by atoms with Gasteiger partial charge in [-0.05, 0) is 76.0 Å². The molecule has 4 heterocycles. The van der Waals surface area contributed by atoms with Gasteiger partial charge in [0.25, 0.3) is 0 Å². The Morgan fingerprint density at radius 1 is 0.593 bits per heavy atom. The molecular weight excluding hydrogens is 659 g/mol. The Hall–Kier alpha value is -6.91. The quantitative estimate of drug-likeness (QED) is 0.178. The Labute approximate surface area is 310 Å². The summed E-state index contributed by atoms with van der Waals surface area (Å²) in [5.41, 5.74) is 11.1. The number of aromatic nitrogens is 2. The molecule has 4 heteroatoms. The maximum absolute atomic E-state index is 6.88. The Kier molecular flexibility index (Phi) is 6.07. The fraction of sp³-hybridized carbons (Fsp3) is 0.0600. The molecule has 0 saturated carbocycles. The van der Waals surface area contributed by atoms with Crippen LogP contribution in [0.15, 0.2) is 185 Å². The first-order valence-corrected chi connectivity index (χ1v) is 18.7. The maximum atomic E-state index is 6.88. The van der Waals surface area contributed by atoms with Crippen molar-refractivity contribution in [3.8, 4) is 5.69 Å². The highest BCUT2D eigenvalue weighted by molar-refractivity contribution is 6.28. The maximum Gasteiger partial charge on any atom is 0.160 e. The minimum atomic E-state index is 0.0263. The molecule has 0 spiro atoms. The van der Waals surface area contributed by atoms with Crippen molar-refractivity contribution >= 4 is 87.7 Å². The van der Waals surface area contributed by atoms with E-state index in [0.717, 1.165) is 55.5 Å². The summed E-state index contributed by atoms with van der Waals surface area (Å²) in [5, 5.41) is 9.48. The number of fused-ring (bicyclic) bond motifs is 13. The van der Waals surface area contributed by atoms with Gasteiger partial charge in [-0.3, -0.25) is 9.56 Å². The van der Waals surface area contributed by atoms with Crippen molar-refractivity contribution in [2.75, 3.05) is 0 Å². The summed E-state index contributed by atoms with van der Waals surface area (Å²) >= 11 is 0. The van der Waals surface area contributed by atoms with Crippen LogP contribution < -0.4 is 0 Å². The van der Waals surface area contributed by atoms with Gasteiger partial charge in [-0.15, -0.1) is 0 Å². The molecule has 1 aliphatic heterocycles. The first-order chi connectivity index (χ1) is 26.7. The lowest BCUT2D eigenvalue weighted by molar-refractivity contribution is 0.607. The van der Waals surface area contributed by atoms with Gasteiger partial charge >= 0.3 is 0 Å². The van der Waals surface area contributed by atoms with Crippen LogP contribution in [0.1, 0.15) is 12.5 Å². The third-order valence-corrected chi connectivity index (χ3v) is 11.7. The molecule has 12 rings (SSSR count). The molecule has 2 unspecified atom stereocenters. The summed E-state index contributed by atoms with van der Waals surface area (Å²) in [4.78, 5) is 5.56. The minimum absolute atomic E-state index is 0.0263. The standard InChI is InChI=1S/C50H33N3O/c1-30-13-12-21-36-39(31-14-4-2-5-15-31)28-46(51-48(30)36)53-42-22-11-10-20-35(42)40-27-41-37-24-25-38-47-34-19-9-8-16-32(34)23-26-45(47)54-50(38)49(37)52(43(41)29-44(40)53)33-17-6-3-7-18-33/h2-30,48H,1H3. The fourth-order valence-corrected chi connectivity index (χ4v) is 9.29. The van der Waals surface area contributed by atoms with E-state index >= 15 is 0 Å². The predicted octanol–water partition coefficient (Wildman–Crippen LogP) is 12.8. The van der Waals surface area contributed by atoms with Crippen LogP contribution in [-0.2, 0) is 0 Å². The number of hydrogen-bond acceptors (Lipinski definition) is 2. The van der Waals surface area contributed by atoms with Crippen molar-refractivity contribution in [3.05, 3.63) is 181 Å². The van der Waals surface area contributed by atoms with Crippen molar-refractivity contribution < 1.29 is 4.42 Å². The third kappa shape index (κ3) is 4.05. The van der Waals surface area contributed by atoms with Gasteiger partial charge in [0.05, 0.1) is 28.1 Å². The topological polar surface area (TPSA) is 35.4 Å². The molecule has 254 valence electrons. The molecule has 0 saturated heterocycles. The highest BCUT2D eigenvalue weighted by Crippen LogP contribution is 2.45. The molecule has 1 aliphatic carbocycles. The summed E-state index contributed by atoms with van der Waals surface area (Å²) in [7, 11) is 0. The molecule has 54 heavy (non-hydrogen) atoms. The van der Waals surface area contributed by atoms with E-state index in [-0.39, 0.29) is 12.0 Å². The van der Waals surface area contributed by atoms with E-state index in [1.54, 1.807) is 0 Å². The van der Waals surface area contributed by atoms with Crippen LogP contribution in [0.3, 0.4) is 0 Å². The van der Waals surface area contributed by atoms with Crippen molar-refractivity contribution in [3.63, 3.8) is 0 Å². The van der Waals surface area contributed by atoms with E-state index in [1.165, 1.54) is 49.0 Å². The summed E-state index contributed by atoms with van der Waals surface area (Å²) < 4.78 is 11.7. The van der Waals surface area contributed by atoms with Crippen LogP contribution in [0.5, 0.6) is 0 Å². The molecule has 2 aliphatic rings. The SMILES string of the molecule is CC1C=CC=C2C(c3ccccc3)=CC(n3c4ccccc4c4cc5c6ccc7c(oc8ccc9ccccc9c87)c6n(-c6ccccc6)c5cc43)=NC21. The third-order valence-electron chi connectivity index (χ3n) is 11.7. The first-order valence-electron chi connectivity index (χ1n) is 18.7. The number of hydrogen-bond donors (Lipinski definition) is 0. The van der Waals surface area contributed by atoms with Crippen LogP contribution in [0, 0.1) is 5.92 Å². The zero-order valence-corrected chi connectivity index (χ0v) is 29.6. The van der Waals surface area contributed by atoms with E-state index in [4.69, 9.17) is 9.41 Å². The van der Waals surface area contributed by atoms with E-state index in [0.29, 0.717) is 0 Å². The van der Waals surface area contributed by atoms with Crippen LogP contribution in [0.4, 0.5) is 0 Å². The van der Waals surface area contributed by atoms with E-state index in [1.807, 2.05) is 0 Å². The van der Waals surface area contributed by atoms with Gasteiger partial charge in [-0.2, -0.15) is 0 Å². The van der Waals surface area contributed by atoms with Gasteiger partial charge < -0.3 is 8.98 Å². The zero-order chi connectivity index (χ0) is 35.5. The Morgan fingerprint density at radius 2 is 1.31 bits per heavy atom. The average molecular weight is 692 g/mol. The number of para-hydroxylation sites is 2. The predicted molar refractivity (Wildman–Crippen MR) is 226 cm³/mol. The lowest BCUT2D eigenvalue weighted by Crippen LogP contribution is -2.27. The van der Waals surface area contributed by atoms with Crippen LogP contribution in [0.25, 0.3) is 87.6 Å². The summed E-state index contributed by atoms with van der Waals surface area (Å²) in [6.45, 7) is 2.28. The lowest BCUT2D eigenvalue weighted by atomic mass is 9.81. The highest BCUT2D eigenvalue weighted by Gasteiger charge is 2.30. The molecule has 0 amide bonds. The number of allylic oxidation sites excluding steroid dienone is 3. The van der Waals surface area contributed by atoms with E-state index < -0.39 is 0 Å². The normalized spacial score (nSPS) is 17.2. The Morgan fingerprint density at radius 3 is 2.19 bits per heavy atom. The molecule has 7 aromatic carbocycles. The second-order valence-corrected chi connectivity index (χ2v) is 14.7. The second kappa shape index (κ2) is 11.0. The number of nitrogens with zero attached hydrogens (tertiary/aromatic N) is 3. The summed E-state index contributed by atoms with van der Waals surface area (Å²) in [6, 6.07) is 52.5. The highest BCUT2D eigenvalue weighted by atomic mass is 16.3. The summed E-state index contributed by atoms with van der Waals surface area (Å²) in [6.07, 6.45) is 9.01. The molecule has 0 fully saturated rings. The second-order valence-electron chi connectivity index (χ2n) is 14.7. The molecule has 0 N–H and O–H groups in total. The zero-order valence-electron chi connectivity index (χ0n) is 29.6. The Balaban J connectivity index is 1.21. The number of benzene rings is 7. The Bertz CT molecular complexity index is 3330. The van der Waals surface area contributed by atoms with Crippen molar-refractivity contribution in [1.82, 2.24) is 9.13 Å². The van der Waals surface area contributed by atoms with Crippen LogP contribution in [-0.4, -0.2) is 21.0 Å². The molecule has 10 aromatic rings. The van der Waals surface area contributed by atoms with E-state index in [2.05, 4.69) is 186 Å². The molecular formula is C50H33N3O. The molecule has 2 atom stereocenters. The molecule has 3 aromatic heterocycles. The van der Waals surface area contributed by atoms with E-state index in [9.17, 15) is 0 Å². The fourth-order valence-electron chi connectivity index (χ4n) is 9.29. The molecule has 0 bridgehead atoms. The lowest BCUT2D eigenvalue weighted by Gasteiger charge is -2.30. The van der Waals surface area contributed by atoms with Crippen molar-refractivity contribution in [2.45, 2.75) is 13.0 Å². The van der Waals surface area contributed by atoms with Gasteiger partial charge in [0.1, 0.15) is 11.4 Å². The van der Waals surface area contributed by atoms with Crippen molar-refractivity contribution in [1.29, 1.82) is 0 Å². The van der Waals surface area contributed by atoms with Gasteiger partial charge in [0, 0.05) is 43.9 Å². The van der Waals surface area contributed by atoms with Gasteiger partial charge in [0.15, 0.2) is 5.58 Å². The number of dihydropyridines is 1. The first kappa shape index (κ1) is 29.6. The minimum Gasteiger partial charge on any atom is -0.454 e. The van der Waals surface area contributed by atoms with Gasteiger partial charge in [-0.1, -0.05) is 128 Å². The van der Waals surface area contributed by atoms with Gasteiger partial charge in [0.2, 0.25) is 0 Å². The van der Waals surface area contributed by atoms with Crippen LogP contribution >= 0.6 is 0 Å². The molecule has 4 nitrogen and oxygen atoms in total. The number of rotatable bonds is 2. The monoisotopic (exact) mass is 691 g/mol.